The zero-order valence-electron chi connectivity index (χ0n) is 10.7. The van der Waals surface area contributed by atoms with Crippen molar-refractivity contribution in [2.75, 3.05) is 5.32 Å². The normalized spacial score (nSPS) is 10.5. The van der Waals surface area contributed by atoms with Gasteiger partial charge in [-0.05, 0) is 24.3 Å². The van der Waals surface area contributed by atoms with Crippen molar-refractivity contribution in [2.45, 2.75) is 0 Å². The van der Waals surface area contributed by atoms with Crippen molar-refractivity contribution in [3.8, 4) is 0 Å². The van der Waals surface area contributed by atoms with Crippen LogP contribution in [0.15, 0.2) is 57.7 Å². The molecular formula is C15H9FN2O3. The maximum Gasteiger partial charge on any atom is 0.292 e. The fourth-order valence-corrected chi connectivity index (χ4v) is 1.87. The highest BCUT2D eigenvalue weighted by Gasteiger charge is 2.13. The van der Waals surface area contributed by atoms with Crippen molar-refractivity contribution < 1.29 is 13.6 Å². The molecule has 1 aromatic carbocycles. The van der Waals surface area contributed by atoms with E-state index in [1.54, 1.807) is 24.3 Å². The van der Waals surface area contributed by atoms with Crippen molar-refractivity contribution >= 4 is 22.7 Å². The average Bonchev–Trinajstić information content (AvgIpc) is 2.47. The molecule has 0 saturated carbocycles. The summed E-state index contributed by atoms with van der Waals surface area (Å²) in [4.78, 5) is 27.4. The molecule has 0 spiro atoms. The third-order valence-electron chi connectivity index (χ3n) is 2.82. The number of anilines is 1. The zero-order valence-corrected chi connectivity index (χ0v) is 10.7. The molecule has 1 N–H and O–H groups in total. The molecule has 0 atom stereocenters. The first-order valence-corrected chi connectivity index (χ1v) is 6.10. The second kappa shape index (κ2) is 5.16. The Kier molecular flexibility index (Phi) is 3.19. The standard InChI is InChI=1S/C15H9FN2O3/c16-13-6-3-7-14(17-13)18-15(20)12-8-10(19)9-4-1-2-5-11(9)21-12/h1-8H,(H,17,18,20). The van der Waals surface area contributed by atoms with Gasteiger partial charge < -0.3 is 9.73 Å². The lowest BCUT2D eigenvalue weighted by Gasteiger charge is -2.04. The molecule has 0 aliphatic carbocycles. The number of aromatic nitrogens is 1. The lowest BCUT2D eigenvalue weighted by molar-refractivity contribution is 0.0996. The molecule has 0 aliphatic rings. The minimum absolute atomic E-state index is 0.0378. The maximum atomic E-state index is 13.0. The van der Waals surface area contributed by atoms with Crippen LogP contribution in [0, 0.1) is 5.95 Å². The summed E-state index contributed by atoms with van der Waals surface area (Å²) in [6.07, 6.45) is 0. The summed E-state index contributed by atoms with van der Waals surface area (Å²) in [6, 6.07) is 11.7. The second-order valence-electron chi connectivity index (χ2n) is 4.27. The van der Waals surface area contributed by atoms with Gasteiger partial charge in [-0.25, -0.2) is 4.98 Å². The number of pyridine rings is 1. The fourth-order valence-electron chi connectivity index (χ4n) is 1.87. The van der Waals surface area contributed by atoms with Crippen LogP contribution >= 0.6 is 0 Å². The zero-order chi connectivity index (χ0) is 14.8. The van der Waals surface area contributed by atoms with E-state index in [0.29, 0.717) is 11.0 Å². The van der Waals surface area contributed by atoms with Gasteiger partial charge in [0.25, 0.3) is 5.91 Å². The van der Waals surface area contributed by atoms with Gasteiger partial charge in [0.15, 0.2) is 11.2 Å². The van der Waals surface area contributed by atoms with E-state index in [0.717, 1.165) is 12.1 Å². The Morgan fingerprint density at radius 1 is 1.14 bits per heavy atom. The van der Waals surface area contributed by atoms with Gasteiger partial charge >= 0.3 is 0 Å². The van der Waals surface area contributed by atoms with Crippen LogP contribution in [-0.2, 0) is 0 Å². The third kappa shape index (κ3) is 2.64. The van der Waals surface area contributed by atoms with Crippen molar-refractivity contribution in [1.29, 1.82) is 0 Å². The highest BCUT2D eigenvalue weighted by Crippen LogP contribution is 2.13. The molecule has 0 aliphatic heterocycles. The molecule has 1 amide bonds. The Bertz CT molecular complexity index is 889. The topological polar surface area (TPSA) is 72.2 Å². The van der Waals surface area contributed by atoms with Crippen LogP contribution in [-0.4, -0.2) is 10.9 Å². The molecule has 5 nitrogen and oxygen atoms in total. The summed E-state index contributed by atoms with van der Waals surface area (Å²) in [5.74, 6) is -1.51. The predicted octanol–water partition coefficient (Wildman–Crippen LogP) is 2.58. The van der Waals surface area contributed by atoms with Gasteiger partial charge in [-0.2, -0.15) is 4.39 Å². The first-order chi connectivity index (χ1) is 10.1. The number of para-hydroxylation sites is 1. The number of benzene rings is 1. The number of hydrogen-bond acceptors (Lipinski definition) is 4. The van der Waals surface area contributed by atoms with Crippen LogP contribution in [0.25, 0.3) is 11.0 Å². The van der Waals surface area contributed by atoms with Crippen LogP contribution < -0.4 is 10.7 Å². The number of hydrogen-bond donors (Lipinski definition) is 1. The number of nitrogens with zero attached hydrogens (tertiary/aromatic N) is 1. The van der Waals surface area contributed by atoms with Gasteiger partial charge in [-0.1, -0.05) is 18.2 Å². The summed E-state index contributed by atoms with van der Waals surface area (Å²) >= 11 is 0. The molecule has 2 aromatic heterocycles. The fraction of sp³-hybridized carbons (Fsp3) is 0. The van der Waals surface area contributed by atoms with Crippen molar-refractivity contribution in [1.82, 2.24) is 4.98 Å². The summed E-state index contributed by atoms with van der Waals surface area (Å²) in [5.41, 5.74) is -0.0171. The van der Waals surface area contributed by atoms with Crippen molar-refractivity contribution in [3.63, 3.8) is 0 Å². The van der Waals surface area contributed by atoms with Crippen LogP contribution in [0.4, 0.5) is 10.2 Å². The minimum Gasteiger partial charge on any atom is -0.451 e. The van der Waals surface area contributed by atoms with E-state index in [1.807, 2.05) is 0 Å². The van der Waals surface area contributed by atoms with Crippen molar-refractivity contribution in [2.24, 2.45) is 0 Å². The quantitative estimate of drug-likeness (QED) is 0.734. The number of carbonyl (C=O) groups is 1. The Hall–Kier alpha value is -3.02. The van der Waals surface area contributed by atoms with Gasteiger partial charge in [-0.15, -0.1) is 0 Å². The molecule has 0 fully saturated rings. The van der Waals surface area contributed by atoms with E-state index in [-0.39, 0.29) is 17.0 Å². The van der Waals surface area contributed by atoms with Gasteiger partial charge in [0, 0.05) is 6.07 Å². The summed E-state index contributed by atoms with van der Waals surface area (Å²) < 4.78 is 18.3. The van der Waals surface area contributed by atoms with Gasteiger partial charge in [0.1, 0.15) is 11.4 Å². The monoisotopic (exact) mass is 284 g/mol. The van der Waals surface area contributed by atoms with E-state index in [9.17, 15) is 14.0 Å². The number of halogens is 1. The van der Waals surface area contributed by atoms with Gasteiger partial charge in [0.2, 0.25) is 5.95 Å². The Balaban J connectivity index is 1.96. The predicted molar refractivity (Wildman–Crippen MR) is 74.6 cm³/mol. The molecule has 0 unspecified atom stereocenters. The van der Waals surface area contributed by atoms with Crippen LogP contribution in [0.2, 0.25) is 0 Å². The molecule has 0 saturated heterocycles. The Labute approximate surface area is 118 Å². The SMILES string of the molecule is O=C(Nc1cccc(F)n1)c1cc(=O)c2ccccc2o1. The molecule has 6 heteroatoms. The highest BCUT2D eigenvalue weighted by atomic mass is 19.1. The minimum atomic E-state index is -0.715. The first-order valence-electron chi connectivity index (χ1n) is 6.10. The maximum absolute atomic E-state index is 13.0. The molecule has 2 heterocycles. The van der Waals surface area contributed by atoms with Crippen LogP contribution in [0.1, 0.15) is 10.6 Å². The lowest BCUT2D eigenvalue weighted by Crippen LogP contribution is -2.15. The molecule has 0 radical (unpaired) electrons. The number of nitrogens with one attached hydrogen (secondary N) is 1. The largest absolute Gasteiger partial charge is 0.451 e. The van der Waals surface area contributed by atoms with E-state index in [2.05, 4.69) is 10.3 Å². The van der Waals surface area contributed by atoms with Crippen LogP contribution in [0.3, 0.4) is 0 Å². The smallest absolute Gasteiger partial charge is 0.292 e. The number of amides is 1. The summed E-state index contributed by atoms with van der Waals surface area (Å²) in [5, 5.41) is 2.76. The Morgan fingerprint density at radius 2 is 1.95 bits per heavy atom. The highest BCUT2D eigenvalue weighted by molar-refractivity contribution is 6.02. The molecule has 104 valence electrons. The van der Waals surface area contributed by atoms with E-state index < -0.39 is 11.9 Å². The average molecular weight is 284 g/mol. The molecule has 3 aromatic rings. The Morgan fingerprint density at radius 3 is 2.76 bits per heavy atom. The van der Waals surface area contributed by atoms with E-state index in [1.165, 1.54) is 12.1 Å². The molecular weight excluding hydrogens is 275 g/mol. The van der Waals surface area contributed by atoms with Gasteiger partial charge in [0.05, 0.1) is 5.39 Å². The number of rotatable bonds is 2. The third-order valence-corrected chi connectivity index (χ3v) is 2.82. The number of fused-ring (bicyclic) bond motifs is 1. The molecule has 21 heavy (non-hydrogen) atoms. The first kappa shape index (κ1) is 13.0. The second-order valence-corrected chi connectivity index (χ2v) is 4.27. The van der Waals surface area contributed by atoms with Crippen LogP contribution in [0.5, 0.6) is 0 Å². The lowest BCUT2D eigenvalue weighted by atomic mass is 10.2. The van der Waals surface area contributed by atoms with Gasteiger partial charge in [-0.3, -0.25) is 9.59 Å². The van der Waals surface area contributed by atoms with Crippen molar-refractivity contribution in [3.05, 3.63) is 70.5 Å². The summed E-state index contributed by atoms with van der Waals surface area (Å²) in [6.45, 7) is 0. The van der Waals surface area contributed by atoms with E-state index >= 15 is 0 Å². The molecule has 3 rings (SSSR count). The summed E-state index contributed by atoms with van der Waals surface area (Å²) in [7, 11) is 0. The number of carbonyl (C=O) groups excluding carboxylic acids is 1. The van der Waals surface area contributed by atoms with E-state index in [4.69, 9.17) is 4.42 Å². The molecule has 0 bridgehead atoms.